The summed E-state index contributed by atoms with van der Waals surface area (Å²) in [7, 11) is 0. The molecule has 0 bridgehead atoms. The molecule has 5 nitrogen and oxygen atoms in total. The lowest BCUT2D eigenvalue weighted by molar-refractivity contribution is 0.0169. The summed E-state index contributed by atoms with van der Waals surface area (Å²) in [5.41, 5.74) is 5.30. The number of hydrogen-bond acceptors (Lipinski definition) is 4. The normalized spacial score (nSPS) is 22.9. The van der Waals surface area contributed by atoms with Crippen LogP contribution in [0.15, 0.2) is 5.16 Å². The lowest BCUT2D eigenvalue weighted by Gasteiger charge is -2.09. The third kappa shape index (κ3) is 4.43. The second-order valence-electron chi connectivity index (χ2n) is 3.40. The molecule has 0 spiro atoms. The molecule has 0 saturated carbocycles. The van der Waals surface area contributed by atoms with Gasteiger partial charge in [-0.2, -0.15) is 0 Å². The van der Waals surface area contributed by atoms with E-state index in [1.165, 1.54) is 0 Å². The molecule has 0 aromatic rings. The monoisotopic (exact) mass is 202 g/mol. The van der Waals surface area contributed by atoms with Crippen molar-refractivity contribution in [3.8, 4) is 0 Å². The minimum absolute atomic E-state index is 0.255. The molecule has 14 heavy (non-hydrogen) atoms. The van der Waals surface area contributed by atoms with Gasteiger partial charge in [0.05, 0.1) is 12.7 Å². The van der Waals surface area contributed by atoms with Crippen LogP contribution in [0.25, 0.3) is 0 Å². The summed E-state index contributed by atoms with van der Waals surface area (Å²) < 4.78 is 10.8. The molecule has 1 saturated heterocycles. The van der Waals surface area contributed by atoms with E-state index in [-0.39, 0.29) is 11.9 Å². The van der Waals surface area contributed by atoms with Gasteiger partial charge in [0, 0.05) is 19.6 Å². The van der Waals surface area contributed by atoms with Crippen LogP contribution < -0.4 is 5.73 Å². The first-order valence-corrected chi connectivity index (χ1v) is 4.98. The second-order valence-corrected chi connectivity index (χ2v) is 3.40. The molecular formula is C9H18N2O3. The number of rotatable bonds is 6. The molecule has 1 atom stereocenters. The zero-order valence-corrected chi connectivity index (χ0v) is 8.32. The molecule has 1 rings (SSSR count). The largest absolute Gasteiger partial charge is 0.409 e. The van der Waals surface area contributed by atoms with Crippen LogP contribution in [-0.4, -0.2) is 37.0 Å². The second kappa shape index (κ2) is 6.62. The highest BCUT2D eigenvalue weighted by molar-refractivity contribution is 5.79. The molecule has 5 heteroatoms. The Labute approximate surface area is 83.9 Å². The Morgan fingerprint density at radius 3 is 3.14 bits per heavy atom. The number of nitrogens with two attached hydrogens (primary N) is 1. The molecule has 0 aromatic carbocycles. The highest BCUT2D eigenvalue weighted by Crippen LogP contribution is 2.11. The first-order chi connectivity index (χ1) is 6.83. The van der Waals surface area contributed by atoms with E-state index in [4.69, 9.17) is 20.4 Å². The van der Waals surface area contributed by atoms with Crippen molar-refractivity contribution in [2.24, 2.45) is 10.9 Å². The van der Waals surface area contributed by atoms with Gasteiger partial charge in [-0.1, -0.05) is 5.16 Å². The molecule has 1 unspecified atom stereocenters. The smallest absolute Gasteiger partial charge is 0.139 e. The Bertz CT molecular complexity index is 179. The van der Waals surface area contributed by atoms with E-state index in [2.05, 4.69) is 5.16 Å². The Balaban J connectivity index is 1.89. The van der Waals surface area contributed by atoms with Crippen LogP contribution in [-0.2, 0) is 9.47 Å². The Hall–Kier alpha value is -0.810. The van der Waals surface area contributed by atoms with Crippen LogP contribution in [0.5, 0.6) is 0 Å². The molecule has 3 N–H and O–H groups in total. The Kier molecular flexibility index (Phi) is 5.32. The van der Waals surface area contributed by atoms with Crippen LogP contribution in [0.3, 0.4) is 0 Å². The van der Waals surface area contributed by atoms with Crippen molar-refractivity contribution in [1.82, 2.24) is 0 Å². The molecule has 0 aromatic heterocycles. The number of amidine groups is 1. The fourth-order valence-electron chi connectivity index (χ4n) is 1.40. The maximum absolute atomic E-state index is 8.27. The standard InChI is InChI=1S/C9H18N2O3/c10-9(11-12)4-2-5-13-7-8-3-1-6-14-8/h8,12H,1-7H2,(H2,10,11). The zero-order valence-electron chi connectivity index (χ0n) is 8.32. The van der Waals surface area contributed by atoms with E-state index in [0.29, 0.717) is 19.6 Å². The van der Waals surface area contributed by atoms with Gasteiger partial charge in [0.15, 0.2) is 0 Å². The fourth-order valence-corrected chi connectivity index (χ4v) is 1.40. The van der Waals surface area contributed by atoms with Gasteiger partial charge in [0.25, 0.3) is 0 Å². The molecule has 0 amide bonds. The van der Waals surface area contributed by atoms with E-state index in [1.54, 1.807) is 0 Å². The van der Waals surface area contributed by atoms with E-state index < -0.39 is 0 Å². The molecule has 1 aliphatic heterocycles. The molecule has 1 fully saturated rings. The van der Waals surface area contributed by atoms with Crippen LogP contribution in [0.1, 0.15) is 25.7 Å². The van der Waals surface area contributed by atoms with Gasteiger partial charge < -0.3 is 20.4 Å². The minimum atomic E-state index is 0.255. The number of ether oxygens (including phenoxy) is 2. The minimum Gasteiger partial charge on any atom is -0.409 e. The lowest BCUT2D eigenvalue weighted by Crippen LogP contribution is -2.16. The molecule has 1 heterocycles. The molecule has 0 aliphatic carbocycles. The summed E-state index contributed by atoms with van der Waals surface area (Å²) in [5, 5.41) is 11.1. The Morgan fingerprint density at radius 2 is 2.50 bits per heavy atom. The average molecular weight is 202 g/mol. The van der Waals surface area contributed by atoms with Crippen LogP contribution in [0.2, 0.25) is 0 Å². The van der Waals surface area contributed by atoms with E-state index >= 15 is 0 Å². The van der Waals surface area contributed by atoms with Gasteiger partial charge in [0.1, 0.15) is 5.84 Å². The first-order valence-electron chi connectivity index (χ1n) is 4.98. The maximum Gasteiger partial charge on any atom is 0.139 e. The summed E-state index contributed by atoms with van der Waals surface area (Å²) in [6.45, 7) is 2.16. The predicted molar refractivity (Wildman–Crippen MR) is 52.4 cm³/mol. The number of oxime groups is 1. The summed E-state index contributed by atoms with van der Waals surface area (Å²) in [6, 6.07) is 0. The maximum atomic E-state index is 8.27. The van der Waals surface area contributed by atoms with Crippen molar-refractivity contribution in [3.05, 3.63) is 0 Å². The number of nitrogens with zero attached hydrogens (tertiary/aromatic N) is 1. The van der Waals surface area contributed by atoms with E-state index in [0.717, 1.165) is 25.9 Å². The Morgan fingerprint density at radius 1 is 1.64 bits per heavy atom. The molecule has 0 radical (unpaired) electrons. The van der Waals surface area contributed by atoms with Crippen molar-refractivity contribution >= 4 is 5.84 Å². The molecule has 82 valence electrons. The SMILES string of the molecule is N/C(CCCOCC1CCCO1)=N\O. The zero-order chi connectivity index (χ0) is 10.2. The van der Waals surface area contributed by atoms with E-state index in [9.17, 15) is 0 Å². The highest BCUT2D eigenvalue weighted by atomic mass is 16.5. The van der Waals surface area contributed by atoms with Crippen LogP contribution >= 0.6 is 0 Å². The van der Waals surface area contributed by atoms with Crippen molar-refractivity contribution < 1.29 is 14.7 Å². The first kappa shape index (κ1) is 11.3. The summed E-state index contributed by atoms with van der Waals surface area (Å²) in [5.74, 6) is 0.255. The predicted octanol–water partition coefficient (Wildman–Crippen LogP) is 0.709. The van der Waals surface area contributed by atoms with E-state index in [1.807, 2.05) is 0 Å². The van der Waals surface area contributed by atoms with Crippen molar-refractivity contribution in [3.63, 3.8) is 0 Å². The summed E-state index contributed by atoms with van der Waals surface area (Å²) in [6.07, 6.45) is 3.86. The number of hydrogen-bond donors (Lipinski definition) is 2. The quantitative estimate of drug-likeness (QED) is 0.218. The van der Waals surface area contributed by atoms with Gasteiger partial charge in [0.2, 0.25) is 0 Å². The van der Waals surface area contributed by atoms with Gasteiger partial charge >= 0.3 is 0 Å². The third-order valence-electron chi connectivity index (χ3n) is 2.18. The highest BCUT2D eigenvalue weighted by Gasteiger charge is 2.14. The average Bonchev–Trinajstić information content (AvgIpc) is 2.69. The molecular weight excluding hydrogens is 184 g/mol. The van der Waals surface area contributed by atoms with Gasteiger partial charge in [-0.25, -0.2) is 0 Å². The third-order valence-corrected chi connectivity index (χ3v) is 2.18. The molecule has 1 aliphatic rings. The van der Waals surface area contributed by atoms with Crippen molar-refractivity contribution in [2.45, 2.75) is 31.8 Å². The summed E-state index contributed by atoms with van der Waals surface area (Å²) >= 11 is 0. The van der Waals surface area contributed by atoms with Crippen molar-refractivity contribution in [2.75, 3.05) is 19.8 Å². The van der Waals surface area contributed by atoms with Gasteiger partial charge in [-0.05, 0) is 19.3 Å². The van der Waals surface area contributed by atoms with Crippen LogP contribution in [0.4, 0.5) is 0 Å². The van der Waals surface area contributed by atoms with Gasteiger partial charge in [-0.15, -0.1) is 0 Å². The topological polar surface area (TPSA) is 77.1 Å². The lowest BCUT2D eigenvalue weighted by atomic mass is 10.2. The summed E-state index contributed by atoms with van der Waals surface area (Å²) in [4.78, 5) is 0. The fraction of sp³-hybridized carbons (Fsp3) is 0.889. The van der Waals surface area contributed by atoms with Crippen molar-refractivity contribution in [1.29, 1.82) is 0 Å². The van der Waals surface area contributed by atoms with Gasteiger partial charge in [-0.3, -0.25) is 0 Å². The van der Waals surface area contributed by atoms with Crippen LogP contribution in [0, 0.1) is 0 Å².